The number of likely N-dealkylation sites (tertiary alicyclic amines) is 1. The molecule has 0 spiro atoms. The highest BCUT2D eigenvalue weighted by Gasteiger charge is 2.15. The Bertz CT molecular complexity index is 922. The number of rotatable bonds is 10. The average Bonchev–Trinajstić information content (AvgIpc) is 3.29. The quantitative estimate of drug-likeness (QED) is 0.467. The van der Waals surface area contributed by atoms with Crippen molar-refractivity contribution in [1.29, 1.82) is 0 Å². The summed E-state index contributed by atoms with van der Waals surface area (Å²) in [6, 6.07) is 20.2. The van der Waals surface area contributed by atoms with Gasteiger partial charge in [-0.05, 0) is 38.1 Å². The van der Waals surface area contributed by atoms with E-state index < -0.39 is 6.10 Å². The smallest absolute Gasteiger partial charge is 0.123 e. The Morgan fingerprint density at radius 3 is 2.61 bits per heavy atom. The summed E-state index contributed by atoms with van der Waals surface area (Å²) in [5.74, 6) is 0.822. The number of hydrogen-bond donors (Lipinski definition) is 3. The van der Waals surface area contributed by atoms with Crippen LogP contribution in [0.25, 0.3) is 11.3 Å². The van der Waals surface area contributed by atoms with Crippen LogP contribution in [0.4, 0.5) is 0 Å². The minimum atomic E-state index is -0.472. The Hall–Kier alpha value is -2.67. The third kappa shape index (κ3) is 6.40. The minimum Gasteiger partial charge on any atom is -0.491 e. The van der Waals surface area contributed by atoms with Gasteiger partial charge in [0, 0.05) is 36.5 Å². The zero-order valence-corrected chi connectivity index (χ0v) is 18.0. The van der Waals surface area contributed by atoms with Gasteiger partial charge in [-0.1, -0.05) is 55.0 Å². The first-order valence-corrected chi connectivity index (χ1v) is 11.2. The van der Waals surface area contributed by atoms with Crippen molar-refractivity contribution in [2.45, 2.75) is 38.5 Å². The fraction of sp³-hybridized carbons (Fsp3) is 0.400. The summed E-state index contributed by atoms with van der Waals surface area (Å²) in [5, 5.41) is 21.3. The molecule has 1 fully saturated rings. The van der Waals surface area contributed by atoms with Gasteiger partial charge in [0.25, 0.3) is 0 Å². The van der Waals surface area contributed by atoms with Crippen LogP contribution in [0.3, 0.4) is 0 Å². The van der Waals surface area contributed by atoms with Gasteiger partial charge in [-0.2, -0.15) is 5.10 Å². The SMILES string of the molecule is O[C@@H](COc1ccccc1CNCc1cc(-c2ccccc2)n[nH]1)CN1CCCCC1. The van der Waals surface area contributed by atoms with Crippen LogP contribution in [-0.4, -0.2) is 52.5 Å². The molecule has 164 valence electrons. The molecule has 1 aliphatic heterocycles. The molecule has 3 N–H and O–H groups in total. The lowest BCUT2D eigenvalue weighted by Gasteiger charge is -2.28. The highest BCUT2D eigenvalue weighted by Crippen LogP contribution is 2.19. The molecule has 2 aromatic carbocycles. The van der Waals surface area contributed by atoms with E-state index in [2.05, 4.69) is 44.7 Å². The third-order valence-corrected chi connectivity index (χ3v) is 5.65. The second-order valence-corrected chi connectivity index (χ2v) is 8.18. The second kappa shape index (κ2) is 11.1. The van der Waals surface area contributed by atoms with Gasteiger partial charge in [0.05, 0.1) is 5.69 Å². The summed E-state index contributed by atoms with van der Waals surface area (Å²) in [6.45, 7) is 4.52. The number of para-hydroxylation sites is 1. The Labute approximate surface area is 184 Å². The number of H-pyrrole nitrogens is 1. The lowest BCUT2D eigenvalue weighted by Crippen LogP contribution is -2.38. The molecule has 6 heteroatoms. The highest BCUT2D eigenvalue weighted by atomic mass is 16.5. The zero-order valence-electron chi connectivity index (χ0n) is 18.0. The number of aromatic nitrogens is 2. The number of aliphatic hydroxyl groups is 1. The van der Waals surface area contributed by atoms with Gasteiger partial charge in [-0.15, -0.1) is 0 Å². The Morgan fingerprint density at radius 1 is 1.00 bits per heavy atom. The maximum absolute atomic E-state index is 10.4. The topological polar surface area (TPSA) is 73.4 Å². The van der Waals surface area contributed by atoms with Crippen molar-refractivity contribution in [3.63, 3.8) is 0 Å². The van der Waals surface area contributed by atoms with Crippen molar-refractivity contribution in [2.75, 3.05) is 26.2 Å². The summed E-state index contributed by atoms with van der Waals surface area (Å²) in [4.78, 5) is 2.33. The van der Waals surface area contributed by atoms with Crippen molar-refractivity contribution in [3.05, 3.63) is 71.9 Å². The summed E-state index contributed by atoms with van der Waals surface area (Å²) < 4.78 is 5.97. The Balaban J connectivity index is 1.25. The molecule has 0 unspecified atom stereocenters. The molecule has 0 radical (unpaired) electrons. The normalized spacial score (nSPS) is 15.6. The van der Waals surface area contributed by atoms with Crippen LogP contribution in [0, 0.1) is 0 Å². The summed E-state index contributed by atoms with van der Waals surface area (Å²) in [7, 11) is 0. The number of piperidine rings is 1. The van der Waals surface area contributed by atoms with Gasteiger partial charge in [-0.3, -0.25) is 5.10 Å². The number of nitrogens with zero attached hydrogens (tertiary/aromatic N) is 2. The van der Waals surface area contributed by atoms with Crippen molar-refractivity contribution < 1.29 is 9.84 Å². The van der Waals surface area contributed by atoms with E-state index in [1.54, 1.807) is 0 Å². The monoisotopic (exact) mass is 420 g/mol. The number of benzene rings is 2. The highest BCUT2D eigenvalue weighted by molar-refractivity contribution is 5.58. The first-order valence-electron chi connectivity index (χ1n) is 11.2. The van der Waals surface area contributed by atoms with Crippen molar-refractivity contribution in [2.24, 2.45) is 0 Å². The molecule has 1 aliphatic rings. The van der Waals surface area contributed by atoms with Gasteiger partial charge in [0.1, 0.15) is 18.5 Å². The zero-order chi connectivity index (χ0) is 21.3. The van der Waals surface area contributed by atoms with E-state index in [-0.39, 0.29) is 0 Å². The molecule has 4 rings (SSSR count). The molecule has 31 heavy (non-hydrogen) atoms. The molecule has 0 aliphatic carbocycles. The van der Waals surface area contributed by atoms with Crippen LogP contribution in [0.2, 0.25) is 0 Å². The van der Waals surface area contributed by atoms with Crippen molar-refractivity contribution >= 4 is 0 Å². The molecule has 1 atom stereocenters. The standard InChI is InChI=1S/C25H32N4O2/c30-23(18-29-13-7-2-8-14-29)19-31-25-12-6-5-11-21(25)16-26-17-22-15-24(28-27-22)20-9-3-1-4-10-20/h1,3-6,9-12,15,23,26,30H,2,7-8,13-14,16-19H2,(H,27,28)/t23-/m1/s1. The molecule has 1 saturated heterocycles. The van der Waals surface area contributed by atoms with Gasteiger partial charge in [0.2, 0.25) is 0 Å². The van der Waals surface area contributed by atoms with E-state index in [9.17, 15) is 5.11 Å². The first-order chi connectivity index (χ1) is 15.3. The van der Waals surface area contributed by atoms with E-state index >= 15 is 0 Å². The predicted molar refractivity (Wildman–Crippen MR) is 123 cm³/mol. The fourth-order valence-electron chi connectivity index (χ4n) is 4.01. The van der Waals surface area contributed by atoms with Crippen LogP contribution in [0.15, 0.2) is 60.7 Å². The molecule has 2 heterocycles. The largest absolute Gasteiger partial charge is 0.491 e. The van der Waals surface area contributed by atoms with E-state index in [0.29, 0.717) is 26.2 Å². The van der Waals surface area contributed by atoms with Gasteiger partial charge in [0.15, 0.2) is 0 Å². The maximum atomic E-state index is 10.4. The number of hydrogen-bond acceptors (Lipinski definition) is 5. The van der Waals surface area contributed by atoms with Crippen molar-refractivity contribution in [1.82, 2.24) is 20.4 Å². The summed E-state index contributed by atoms with van der Waals surface area (Å²) in [6.07, 6.45) is 3.28. The van der Waals surface area contributed by atoms with Gasteiger partial charge < -0.3 is 20.1 Å². The molecule has 1 aromatic heterocycles. The van der Waals surface area contributed by atoms with Crippen LogP contribution in [-0.2, 0) is 13.1 Å². The first kappa shape index (κ1) is 21.6. The second-order valence-electron chi connectivity index (χ2n) is 8.18. The number of ether oxygens (including phenoxy) is 1. The molecule has 0 saturated carbocycles. The van der Waals surface area contributed by atoms with E-state index in [0.717, 1.165) is 41.4 Å². The van der Waals surface area contributed by atoms with Crippen LogP contribution in [0.5, 0.6) is 5.75 Å². The Kier molecular flexibility index (Phi) is 7.71. The van der Waals surface area contributed by atoms with E-state index in [1.807, 2.05) is 36.4 Å². The van der Waals surface area contributed by atoms with E-state index in [1.165, 1.54) is 19.3 Å². The summed E-state index contributed by atoms with van der Waals surface area (Å²) in [5.41, 5.74) is 4.17. The van der Waals surface area contributed by atoms with Crippen LogP contribution >= 0.6 is 0 Å². The average molecular weight is 421 g/mol. The van der Waals surface area contributed by atoms with E-state index in [4.69, 9.17) is 4.74 Å². The molecule has 0 amide bonds. The Morgan fingerprint density at radius 2 is 1.77 bits per heavy atom. The maximum Gasteiger partial charge on any atom is 0.123 e. The minimum absolute atomic E-state index is 0.314. The molecular formula is C25H32N4O2. The van der Waals surface area contributed by atoms with Crippen molar-refractivity contribution in [3.8, 4) is 17.0 Å². The third-order valence-electron chi connectivity index (χ3n) is 5.65. The number of aliphatic hydroxyl groups excluding tert-OH is 1. The predicted octanol–water partition coefficient (Wildman–Crippen LogP) is 3.59. The lowest BCUT2D eigenvalue weighted by atomic mass is 10.1. The molecule has 3 aromatic rings. The number of β-amino-alcohol motifs (C(OH)–C–C–N with tert-alkyl or cyclic N) is 1. The lowest BCUT2D eigenvalue weighted by molar-refractivity contribution is 0.0614. The number of nitrogens with one attached hydrogen (secondary N) is 2. The summed E-state index contributed by atoms with van der Waals surface area (Å²) >= 11 is 0. The van der Waals surface area contributed by atoms with Gasteiger partial charge in [-0.25, -0.2) is 0 Å². The van der Waals surface area contributed by atoms with Crippen LogP contribution in [0.1, 0.15) is 30.5 Å². The molecule has 0 bridgehead atoms. The van der Waals surface area contributed by atoms with Crippen LogP contribution < -0.4 is 10.1 Å². The fourth-order valence-corrected chi connectivity index (χ4v) is 4.01. The molecular weight excluding hydrogens is 388 g/mol. The van der Waals surface area contributed by atoms with Gasteiger partial charge >= 0.3 is 0 Å². The number of aromatic amines is 1. The molecule has 6 nitrogen and oxygen atoms in total.